The molecule has 0 spiro atoms. The highest BCUT2D eigenvalue weighted by molar-refractivity contribution is 6.77. The third kappa shape index (κ3) is 2.58. The van der Waals surface area contributed by atoms with E-state index in [-0.39, 0.29) is 0 Å². The second-order valence-corrected chi connectivity index (χ2v) is 10.0. The van der Waals surface area contributed by atoms with Gasteiger partial charge in [0.1, 0.15) is 0 Å². The lowest BCUT2D eigenvalue weighted by Gasteiger charge is -2.42. The third-order valence-electron chi connectivity index (χ3n) is 3.32. The maximum absolute atomic E-state index is 6.16. The summed E-state index contributed by atoms with van der Waals surface area (Å²) in [5.74, 6) is 0. The first-order valence-electron chi connectivity index (χ1n) is 5.77. The second-order valence-electron chi connectivity index (χ2n) is 4.73. The Morgan fingerprint density at radius 3 is 1.71 bits per heavy atom. The van der Waals surface area contributed by atoms with Crippen molar-refractivity contribution >= 4 is 8.32 Å². The summed E-state index contributed by atoms with van der Waals surface area (Å²) in [4.78, 5) is 0. The van der Waals surface area contributed by atoms with Gasteiger partial charge in [0.25, 0.3) is 0 Å². The van der Waals surface area contributed by atoms with Gasteiger partial charge >= 0.3 is 0 Å². The summed E-state index contributed by atoms with van der Waals surface area (Å²) in [7, 11) is -1.68. The van der Waals surface area contributed by atoms with Crippen molar-refractivity contribution in [2.75, 3.05) is 13.2 Å². The zero-order chi connectivity index (χ0) is 11.4. The molecule has 0 aliphatic carbocycles. The molecule has 1 atom stereocenters. The molecule has 0 saturated heterocycles. The Labute approximate surface area is 90.3 Å². The van der Waals surface area contributed by atoms with E-state index in [1.54, 1.807) is 0 Å². The Morgan fingerprint density at radius 1 is 1.07 bits per heavy atom. The summed E-state index contributed by atoms with van der Waals surface area (Å²) in [6.07, 6.45) is 0. The zero-order valence-electron chi connectivity index (χ0n) is 10.6. The minimum Gasteiger partial charge on any atom is -0.416 e. The lowest BCUT2D eigenvalue weighted by molar-refractivity contribution is 0.295. The van der Waals surface area contributed by atoms with Crippen molar-refractivity contribution in [3.63, 3.8) is 0 Å². The van der Waals surface area contributed by atoms with Crippen LogP contribution in [0.3, 0.4) is 0 Å². The molecule has 14 heavy (non-hydrogen) atoms. The van der Waals surface area contributed by atoms with Gasteiger partial charge in [-0.15, -0.1) is 0 Å². The van der Waals surface area contributed by atoms with Crippen LogP contribution in [0.25, 0.3) is 0 Å². The van der Waals surface area contributed by atoms with E-state index in [4.69, 9.17) is 10.2 Å². The molecule has 0 aromatic heterocycles. The number of rotatable bonds is 6. The van der Waals surface area contributed by atoms with Crippen LogP contribution in [-0.4, -0.2) is 21.5 Å². The van der Waals surface area contributed by atoms with E-state index in [0.717, 1.165) is 13.2 Å². The standard InChI is InChI=1S/C11H27NOSi/c1-7-13-14(9(2)3,10(4)5)11(6)8-12/h9-11H,7-8,12H2,1-6H3. The van der Waals surface area contributed by atoms with Crippen molar-refractivity contribution < 1.29 is 4.43 Å². The van der Waals surface area contributed by atoms with E-state index in [1.165, 1.54) is 0 Å². The van der Waals surface area contributed by atoms with Crippen LogP contribution in [0.15, 0.2) is 0 Å². The van der Waals surface area contributed by atoms with E-state index in [9.17, 15) is 0 Å². The van der Waals surface area contributed by atoms with E-state index in [2.05, 4.69) is 41.5 Å². The van der Waals surface area contributed by atoms with Crippen LogP contribution in [-0.2, 0) is 4.43 Å². The molecule has 0 aromatic rings. The minimum atomic E-state index is -1.68. The summed E-state index contributed by atoms with van der Waals surface area (Å²) in [5, 5.41) is 0. The SMILES string of the molecule is CCO[Si](C(C)C)(C(C)C)C(C)CN. The second kappa shape index (κ2) is 5.88. The lowest BCUT2D eigenvalue weighted by Crippen LogP contribution is -2.50. The summed E-state index contributed by atoms with van der Waals surface area (Å²) in [6, 6.07) is 0. The Balaban J connectivity index is 4.93. The molecule has 0 amide bonds. The highest BCUT2D eigenvalue weighted by atomic mass is 28.4. The molecule has 1 unspecified atom stereocenters. The molecular weight excluding hydrogens is 190 g/mol. The van der Waals surface area contributed by atoms with E-state index < -0.39 is 8.32 Å². The predicted molar refractivity (Wildman–Crippen MR) is 66.1 cm³/mol. The van der Waals surface area contributed by atoms with E-state index >= 15 is 0 Å². The summed E-state index contributed by atoms with van der Waals surface area (Å²) >= 11 is 0. The van der Waals surface area contributed by atoms with Gasteiger partial charge in [0.2, 0.25) is 8.32 Å². The summed E-state index contributed by atoms with van der Waals surface area (Å²) in [6.45, 7) is 15.1. The van der Waals surface area contributed by atoms with Crippen LogP contribution in [0, 0.1) is 0 Å². The topological polar surface area (TPSA) is 35.2 Å². The molecule has 86 valence electrons. The number of hydrogen-bond acceptors (Lipinski definition) is 2. The van der Waals surface area contributed by atoms with Gasteiger partial charge in [-0.2, -0.15) is 0 Å². The predicted octanol–water partition coefficient (Wildman–Crippen LogP) is 3.14. The average Bonchev–Trinajstić information content (AvgIpc) is 2.11. The molecule has 0 aliphatic rings. The fourth-order valence-corrected chi connectivity index (χ4v) is 8.14. The van der Waals surface area contributed by atoms with Crippen LogP contribution in [0.1, 0.15) is 41.5 Å². The van der Waals surface area contributed by atoms with Crippen molar-refractivity contribution in [1.82, 2.24) is 0 Å². The molecule has 0 aromatic carbocycles. The maximum Gasteiger partial charge on any atom is 0.201 e. The average molecular weight is 217 g/mol. The summed E-state index contributed by atoms with van der Waals surface area (Å²) < 4.78 is 6.16. The number of nitrogens with two attached hydrogens (primary N) is 1. The largest absolute Gasteiger partial charge is 0.416 e. The van der Waals surface area contributed by atoms with Gasteiger partial charge in [-0.3, -0.25) is 0 Å². The molecule has 2 N–H and O–H groups in total. The van der Waals surface area contributed by atoms with Crippen LogP contribution >= 0.6 is 0 Å². The Morgan fingerprint density at radius 2 is 1.50 bits per heavy atom. The molecule has 0 fully saturated rings. The van der Waals surface area contributed by atoms with E-state index in [1.807, 2.05) is 0 Å². The Hall–Kier alpha value is 0.137. The monoisotopic (exact) mass is 217 g/mol. The molecule has 0 rings (SSSR count). The minimum absolute atomic E-state index is 0.544. The molecular formula is C11H27NOSi. The van der Waals surface area contributed by atoms with Gasteiger partial charge in [0.15, 0.2) is 0 Å². The molecule has 0 saturated carbocycles. The third-order valence-corrected chi connectivity index (χ3v) is 9.50. The van der Waals surface area contributed by atoms with Crippen LogP contribution in [0.5, 0.6) is 0 Å². The highest BCUT2D eigenvalue weighted by Gasteiger charge is 2.45. The van der Waals surface area contributed by atoms with Crippen molar-refractivity contribution in [3.05, 3.63) is 0 Å². The Bertz CT molecular complexity index is 151. The molecule has 2 nitrogen and oxygen atoms in total. The molecule has 0 heterocycles. The van der Waals surface area contributed by atoms with Crippen molar-refractivity contribution in [3.8, 4) is 0 Å². The van der Waals surface area contributed by atoms with Crippen LogP contribution in [0.4, 0.5) is 0 Å². The molecule has 0 aliphatic heterocycles. The fourth-order valence-electron chi connectivity index (χ4n) is 2.71. The first-order valence-corrected chi connectivity index (χ1v) is 7.91. The first kappa shape index (κ1) is 14.1. The zero-order valence-corrected chi connectivity index (χ0v) is 11.6. The van der Waals surface area contributed by atoms with Gasteiger partial charge in [0.05, 0.1) is 0 Å². The molecule has 0 radical (unpaired) electrons. The fraction of sp³-hybridized carbons (Fsp3) is 1.00. The van der Waals surface area contributed by atoms with Crippen LogP contribution in [0.2, 0.25) is 16.6 Å². The molecule has 0 bridgehead atoms. The van der Waals surface area contributed by atoms with Crippen LogP contribution < -0.4 is 5.73 Å². The Kier molecular flexibility index (Phi) is 5.94. The normalized spacial score (nSPS) is 15.2. The highest BCUT2D eigenvalue weighted by Crippen LogP contribution is 2.41. The lowest BCUT2D eigenvalue weighted by atomic mass is 10.5. The van der Waals surface area contributed by atoms with Crippen molar-refractivity contribution in [2.45, 2.75) is 58.2 Å². The molecule has 3 heteroatoms. The smallest absolute Gasteiger partial charge is 0.201 e. The van der Waals surface area contributed by atoms with Gasteiger partial charge in [0, 0.05) is 6.61 Å². The van der Waals surface area contributed by atoms with Gasteiger partial charge in [-0.1, -0.05) is 34.6 Å². The summed E-state index contributed by atoms with van der Waals surface area (Å²) in [5.41, 5.74) is 7.64. The van der Waals surface area contributed by atoms with Crippen molar-refractivity contribution in [2.24, 2.45) is 5.73 Å². The number of hydrogen-bond donors (Lipinski definition) is 1. The first-order chi connectivity index (χ1) is 6.43. The van der Waals surface area contributed by atoms with Crippen molar-refractivity contribution in [1.29, 1.82) is 0 Å². The van der Waals surface area contributed by atoms with E-state index in [0.29, 0.717) is 16.6 Å². The van der Waals surface area contributed by atoms with Gasteiger partial charge in [-0.05, 0) is 30.1 Å². The quantitative estimate of drug-likeness (QED) is 0.694. The van der Waals surface area contributed by atoms with Gasteiger partial charge in [-0.25, -0.2) is 0 Å². The maximum atomic E-state index is 6.16. The van der Waals surface area contributed by atoms with Gasteiger partial charge < -0.3 is 10.2 Å².